The highest BCUT2D eigenvalue weighted by molar-refractivity contribution is 5.89. The summed E-state index contributed by atoms with van der Waals surface area (Å²) in [5, 5.41) is 12.2. The quantitative estimate of drug-likeness (QED) is 0.784. The number of anilines is 1. The van der Waals surface area contributed by atoms with E-state index in [1.807, 2.05) is 26.8 Å². The van der Waals surface area contributed by atoms with Crippen LogP contribution in [0.5, 0.6) is 0 Å². The van der Waals surface area contributed by atoms with Crippen molar-refractivity contribution in [3.05, 3.63) is 42.0 Å². The van der Waals surface area contributed by atoms with Gasteiger partial charge in [-0.2, -0.15) is 0 Å². The molecule has 0 aliphatic carbocycles. The fourth-order valence-electron chi connectivity index (χ4n) is 3.02. The Bertz CT molecular complexity index is 671. The van der Waals surface area contributed by atoms with E-state index >= 15 is 0 Å². The third kappa shape index (κ3) is 5.79. The number of aromatic carboxylic acids is 1. The van der Waals surface area contributed by atoms with E-state index < -0.39 is 17.7 Å². The fourth-order valence-corrected chi connectivity index (χ4v) is 3.02. The Morgan fingerprint density at radius 3 is 2.50 bits per heavy atom. The maximum atomic E-state index is 11.9. The Hall–Kier alpha value is -2.50. The summed E-state index contributed by atoms with van der Waals surface area (Å²) in [5.41, 5.74) is 1.61. The average molecular weight is 360 g/mol. The number of allylic oxidation sites excluding steroid dienone is 1. The smallest absolute Gasteiger partial charge is 0.407 e. The Labute approximate surface area is 154 Å². The van der Waals surface area contributed by atoms with E-state index in [1.54, 1.807) is 18.2 Å². The molecule has 1 aliphatic rings. The standard InChI is InChI=1S/C20H28N2O4/c1-5-6-14-11-15(18(23)24)13-17(12-14)22-9-7-16(8-10-22)21-19(25)26-20(2,3)4/h5,11-13,16H,1,6-10H2,2-4H3,(H,21,25)(H,23,24). The summed E-state index contributed by atoms with van der Waals surface area (Å²) in [4.78, 5) is 25.4. The Morgan fingerprint density at radius 1 is 1.31 bits per heavy atom. The Morgan fingerprint density at radius 2 is 1.96 bits per heavy atom. The predicted molar refractivity (Wildman–Crippen MR) is 102 cm³/mol. The molecule has 2 rings (SSSR count). The number of nitrogens with one attached hydrogen (secondary N) is 1. The summed E-state index contributed by atoms with van der Waals surface area (Å²) in [6.07, 6.45) is 3.57. The molecule has 0 bridgehead atoms. The molecule has 2 N–H and O–H groups in total. The number of alkyl carbamates (subject to hydrolysis) is 1. The van der Waals surface area contributed by atoms with Crippen molar-refractivity contribution in [1.29, 1.82) is 0 Å². The van der Waals surface area contributed by atoms with Crippen LogP contribution < -0.4 is 10.2 Å². The number of ether oxygens (including phenoxy) is 1. The van der Waals surface area contributed by atoms with Crippen molar-refractivity contribution in [3.63, 3.8) is 0 Å². The number of benzene rings is 1. The molecular formula is C20H28N2O4. The molecule has 26 heavy (non-hydrogen) atoms. The van der Waals surface area contributed by atoms with Crippen LogP contribution >= 0.6 is 0 Å². The van der Waals surface area contributed by atoms with Gasteiger partial charge in [-0.3, -0.25) is 0 Å². The maximum absolute atomic E-state index is 11.9. The van der Waals surface area contributed by atoms with Crippen molar-refractivity contribution in [2.75, 3.05) is 18.0 Å². The molecule has 142 valence electrons. The van der Waals surface area contributed by atoms with E-state index in [1.165, 1.54) is 0 Å². The van der Waals surface area contributed by atoms with Gasteiger partial charge in [-0.1, -0.05) is 6.08 Å². The van der Waals surface area contributed by atoms with Gasteiger partial charge in [-0.15, -0.1) is 6.58 Å². The lowest BCUT2D eigenvalue weighted by Gasteiger charge is -2.34. The Kier molecular flexibility index (Phi) is 6.29. The number of carboxylic acids is 1. The summed E-state index contributed by atoms with van der Waals surface area (Å²) >= 11 is 0. The third-order valence-corrected chi connectivity index (χ3v) is 4.19. The summed E-state index contributed by atoms with van der Waals surface area (Å²) in [6.45, 7) is 10.7. The second-order valence-electron chi connectivity index (χ2n) is 7.59. The first-order chi connectivity index (χ1) is 12.2. The van der Waals surface area contributed by atoms with Gasteiger partial charge in [0.15, 0.2) is 0 Å². The average Bonchev–Trinajstić information content (AvgIpc) is 2.53. The monoisotopic (exact) mass is 360 g/mol. The second kappa shape index (κ2) is 8.25. The molecule has 6 heteroatoms. The lowest BCUT2D eigenvalue weighted by Crippen LogP contribution is -2.46. The van der Waals surface area contributed by atoms with Crippen molar-refractivity contribution in [3.8, 4) is 0 Å². The topological polar surface area (TPSA) is 78.9 Å². The molecule has 1 heterocycles. The molecule has 0 saturated carbocycles. The molecule has 0 radical (unpaired) electrons. The van der Waals surface area contributed by atoms with Gasteiger partial charge in [0.2, 0.25) is 0 Å². The number of carbonyl (C=O) groups is 2. The fraction of sp³-hybridized carbons (Fsp3) is 0.500. The van der Waals surface area contributed by atoms with Gasteiger partial charge >= 0.3 is 12.1 Å². The summed E-state index contributed by atoms with van der Waals surface area (Å²) in [7, 11) is 0. The van der Waals surface area contributed by atoms with Crippen LogP contribution in [0.15, 0.2) is 30.9 Å². The van der Waals surface area contributed by atoms with Crippen LogP contribution in [0.25, 0.3) is 0 Å². The highest BCUT2D eigenvalue weighted by Gasteiger charge is 2.24. The van der Waals surface area contributed by atoms with E-state index in [-0.39, 0.29) is 11.6 Å². The Balaban J connectivity index is 2.00. The van der Waals surface area contributed by atoms with Crippen LogP contribution in [0, 0.1) is 0 Å². The van der Waals surface area contributed by atoms with Crippen molar-refractivity contribution in [2.24, 2.45) is 0 Å². The van der Waals surface area contributed by atoms with Gasteiger partial charge in [0, 0.05) is 24.8 Å². The number of piperidine rings is 1. The van der Waals surface area contributed by atoms with Crippen LogP contribution in [0.3, 0.4) is 0 Å². The van der Waals surface area contributed by atoms with Gasteiger partial charge < -0.3 is 20.1 Å². The molecule has 1 fully saturated rings. The molecule has 0 unspecified atom stereocenters. The minimum atomic E-state index is -0.932. The zero-order chi connectivity index (χ0) is 19.3. The number of hydrogen-bond acceptors (Lipinski definition) is 4. The first kappa shape index (κ1) is 19.8. The van der Waals surface area contributed by atoms with Crippen LogP contribution in [-0.4, -0.2) is 41.9 Å². The zero-order valence-corrected chi connectivity index (χ0v) is 15.7. The van der Waals surface area contributed by atoms with Crippen LogP contribution in [-0.2, 0) is 11.2 Å². The molecular weight excluding hydrogens is 332 g/mol. The predicted octanol–water partition coefficient (Wildman–Crippen LogP) is 3.61. The van der Waals surface area contributed by atoms with E-state index in [0.29, 0.717) is 6.42 Å². The minimum absolute atomic E-state index is 0.0661. The molecule has 1 amide bonds. The van der Waals surface area contributed by atoms with Crippen molar-refractivity contribution in [2.45, 2.75) is 51.7 Å². The van der Waals surface area contributed by atoms with E-state index in [9.17, 15) is 14.7 Å². The van der Waals surface area contributed by atoms with Crippen LogP contribution in [0.1, 0.15) is 49.5 Å². The maximum Gasteiger partial charge on any atom is 0.407 e. The molecule has 1 saturated heterocycles. The second-order valence-corrected chi connectivity index (χ2v) is 7.59. The van der Waals surface area contributed by atoms with Crippen LogP contribution in [0.2, 0.25) is 0 Å². The molecule has 6 nitrogen and oxygen atoms in total. The minimum Gasteiger partial charge on any atom is -0.478 e. The van der Waals surface area contributed by atoms with Crippen molar-refractivity contribution >= 4 is 17.7 Å². The summed E-state index contributed by atoms with van der Waals surface area (Å²) < 4.78 is 5.30. The molecule has 1 aliphatic heterocycles. The molecule has 0 spiro atoms. The first-order valence-corrected chi connectivity index (χ1v) is 8.90. The molecule has 1 aromatic carbocycles. The molecule has 0 atom stereocenters. The molecule has 0 aromatic heterocycles. The summed E-state index contributed by atoms with van der Waals surface area (Å²) in [6, 6.07) is 5.47. The van der Waals surface area contributed by atoms with Gasteiger partial charge in [-0.25, -0.2) is 9.59 Å². The van der Waals surface area contributed by atoms with Crippen LogP contribution in [0.4, 0.5) is 10.5 Å². The van der Waals surface area contributed by atoms with Gasteiger partial charge in [0.1, 0.15) is 5.60 Å². The van der Waals surface area contributed by atoms with Gasteiger partial charge in [0.25, 0.3) is 0 Å². The summed E-state index contributed by atoms with van der Waals surface area (Å²) in [5.74, 6) is -0.932. The highest BCUT2D eigenvalue weighted by atomic mass is 16.6. The van der Waals surface area contributed by atoms with Crippen molar-refractivity contribution in [1.82, 2.24) is 5.32 Å². The van der Waals surface area contributed by atoms with Gasteiger partial charge in [-0.05, 0) is 63.8 Å². The lowest BCUT2D eigenvalue weighted by molar-refractivity contribution is 0.0496. The number of hydrogen-bond donors (Lipinski definition) is 2. The number of amides is 1. The van der Waals surface area contributed by atoms with E-state index in [4.69, 9.17) is 4.74 Å². The van der Waals surface area contributed by atoms with Gasteiger partial charge in [0.05, 0.1) is 5.56 Å². The zero-order valence-electron chi connectivity index (χ0n) is 15.7. The highest BCUT2D eigenvalue weighted by Crippen LogP contribution is 2.24. The van der Waals surface area contributed by atoms with E-state index in [0.717, 1.165) is 37.2 Å². The SMILES string of the molecule is C=CCc1cc(C(=O)O)cc(N2CCC(NC(=O)OC(C)(C)C)CC2)c1. The van der Waals surface area contributed by atoms with E-state index in [2.05, 4.69) is 16.8 Å². The number of nitrogens with zero attached hydrogens (tertiary/aromatic N) is 1. The number of rotatable bonds is 5. The normalized spacial score (nSPS) is 15.4. The first-order valence-electron chi connectivity index (χ1n) is 8.90. The largest absolute Gasteiger partial charge is 0.478 e. The molecule has 1 aromatic rings. The third-order valence-electron chi connectivity index (χ3n) is 4.19. The number of carboxylic acid groups (broad SMARTS) is 1. The number of carbonyl (C=O) groups excluding carboxylic acids is 1. The lowest BCUT2D eigenvalue weighted by atomic mass is 10.0. The van der Waals surface area contributed by atoms with Crippen molar-refractivity contribution < 1.29 is 19.4 Å².